The highest BCUT2D eigenvalue weighted by Gasteiger charge is 2.25. The molecule has 1 aromatic heterocycles. The summed E-state index contributed by atoms with van der Waals surface area (Å²) in [5.74, 6) is 0.448. The van der Waals surface area contributed by atoms with Crippen LogP contribution < -0.4 is 4.72 Å². The zero-order chi connectivity index (χ0) is 17.0. The quantitative estimate of drug-likeness (QED) is 0.886. The lowest BCUT2D eigenvalue weighted by atomic mass is 10.0. The monoisotopic (exact) mass is 330 g/mol. The number of hydrogen-bond acceptors (Lipinski definition) is 2. The van der Waals surface area contributed by atoms with Crippen LogP contribution in [-0.4, -0.2) is 13.9 Å². The van der Waals surface area contributed by atoms with Crippen molar-refractivity contribution in [3.05, 3.63) is 65.5 Å². The fourth-order valence-electron chi connectivity index (χ4n) is 2.16. The predicted molar refractivity (Wildman–Crippen MR) is 97.6 cm³/mol. The van der Waals surface area contributed by atoms with Crippen molar-refractivity contribution in [1.29, 1.82) is 0 Å². The highest BCUT2D eigenvalue weighted by molar-refractivity contribution is 7.84. The Balaban J connectivity index is 2.35. The van der Waals surface area contributed by atoms with Crippen LogP contribution in [0.15, 0.2) is 48.7 Å². The number of aromatic nitrogens is 1. The van der Waals surface area contributed by atoms with E-state index in [0.717, 1.165) is 11.3 Å². The van der Waals surface area contributed by atoms with Gasteiger partial charge in [0.05, 0.1) is 27.5 Å². The number of hydrogen-bond donors (Lipinski definition) is 1. The Labute approximate surface area is 142 Å². The molecule has 0 spiro atoms. The van der Waals surface area contributed by atoms with Crippen molar-refractivity contribution in [1.82, 2.24) is 9.71 Å². The van der Waals surface area contributed by atoms with Crippen molar-refractivity contribution in [3.8, 4) is 0 Å². The van der Waals surface area contributed by atoms with Gasteiger partial charge in [0, 0.05) is 6.20 Å². The molecule has 0 amide bonds. The highest BCUT2D eigenvalue weighted by Crippen LogP contribution is 2.24. The van der Waals surface area contributed by atoms with Crippen molar-refractivity contribution >= 4 is 11.0 Å². The second-order valence-electron chi connectivity index (χ2n) is 7.01. The first-order chi connectivity index (χ1) is 10.8. The lowest BCUT2D eigenvalue weighted by Crippen LogP contribution is -2.36. The normalized spacial score (nSPS) is 14.7. The van der Waals surface area contributed by atoms with Crippen LogP contribution in [-0.2, 0) is 11.0 Å². The molecule has 0 saturated carbocycles. The fraction of sp³-hybridized carbons (Fsp3) is 0.421. The molecule has 0 bridgehead atoms. The lowest BCUT2D eigenvalue weighted by Gasteiger charge is -2.24. The van der Waals surface area contributed by atoms with E-state index in [9.17, 15) is 4.21 Å². The summed E-state index contributed by atoms with van der Waals surface area (Å²) in [5, 5.41) is 0. The average molecular weight is 330 g/mol. The first-order valence-corrected chi connectivity index (χ1v) is 9.13. The van der Waals surface area contributed by atoms with Crippen LogP contribution in [0.2, 0.25) is 0 Å². The van der Waals surface area contributed by atoms with Crippen molar-refractivity contribution in [2.45, 2.75) is 51.3 Å². The van der Waals surface area contributed by atoms with Crippen LogP contribution >= 0.6 is 0 Å². The third-order valence-electron chi connectivity index (χ3n) is 3.69. The molecule has 0 unspecified atom stereocenters. The van der Waals surface area contributed by atoms with Crippen LogP contribution in [0, 0.1) is 0 Å². The van der Waals surface area contributed by atoms with E-state index in [0.29, 0.717) is 5.92 Å². The molecule has 0 aliphatic heterocycles. The Morgan fingerprint density at radius 1 is 1.00 bits per heavy atom. The van der Waals surface area contributed by atoms with E-state index in [1.54, 1.807) is 0 Å². The third-order valence-corrected chi connectivity index (χ3v) is 5.25. The van der Waals surface area contributed by atoms with Gasteiger partial charge in [-0.25, -0.2) is 8.93 Å². The summed E-state index contributed by atoms with van der Waals surface area (Å²) in [4.78, 5) is 4.61. The van der Waals surface area contributed by atoms with Crippen molar-refractivity contribution in [2.75, 3.05) is 0 Å². The summed E-state index contributed by atoms with van der Waals surface area (Å²) < 4.78 is 15.5. The molecular weight excluding hydrogens is 304 g/mol. The van der Waals surface area contributed by atoms with Crippen molar-refractivity contribution in [2.24, 2.45) is 0 Å². The van der Waals surface area contributed by atoms with Gasteiger partial charge in [0.15, 0.2) is 0 Å². The summed E-state index contributed by atoms with van der Waals surface area (Å²) in [6.07, 6.45) is 1.91. The lowest BCUT2D eigenvalue weighted by molar-refractivity contribution is 0.620. The Morgan fingerprint density at radius 3 is 2.13 bits per heavy atom. The Kier molecular flexibility index (Phi) is 5.71. The summed E-state index contributed by atoms with van der Waals surface area (Å²) in [7, 11) is -1.17. The predicted octanol–water partition coefficient (Wildman–Crippen LogP) is 4.35. The Hall–Kier alpha value is -1.52. The highest BCUT2D eigenvalue weighted by atomic mass is 32.2. The minimum atomic E-state index is -1.17. The second-order valence-corrected chi connectivity index (χ2v) is 9.01. The molecule has 0 fully saturated rings. The molecule has 4 heteroatoms. The standard InChI is InChI=1S/C19H26N2OS/c1-14(2)16-11-12-17(20-13-16)18(15-9-7-6-8-10-15)21-23(22)19(3,4)5/h6-14,18,21H,1-5H3/t18-,23-/m0/s1. The first-order valence-electron chi connectivity index (χ1n) is 7.98. The maximum atomic E-state index is 12.6. The van der Waals surface area contributed by atoms with Gasteiger partial charge < -0.3 is 0 Å². The summed E-state index contributed by atoms with van der Waals surface area (Å²) in [6.45, 7) is 10.2. The van der Waals surface area contributed by atoms with E-state index in [2.05, 4.69) is 29.6 Å². The van der Waals surface area contributed by atoms with Crippen LogP contribution in [0.25, 0.3) is 0 Å². The van der Waals surface area contributed by atoms with E-state index in [1.165, 1.54) is 5.56 Å². The first kappa shape index (κ1) is 17.8. The summed E-state index contributed by atoms with van der Waals surface area (Å²) >= 11 is 0. The molecule has 0 radical (unpaired) electrons. The molecule has 1 heterocycles. The van der Waals surface area contributed by atoms with E-state index < -0.39 is 11.0 Å². The van der Waals surface area contributed by atoms with Crippen molar-refractivity contribution in [3.63, 3.8) is 0 Å². The van der Waals surface area contributed by atoms with Gasteiger partial charge >= 0.3 is 0 Å². The van der Waals surface area contributed by atoms with Crippen LogP contribution in [0.3, 0.4) is 0 Å². The smallest absolute Gasteiger partial charge is 0.0979 e. The van der Waals surface area contributed by atoms with E-state index >= 15 is 0 Å². The molecule has 23 heavy (non-hydrogen) atoms. The largest absolute Gasteiger partial charge is 0.259 e. The number of pyridine rings is 1. The second kappa shape index (κ2) is 7.37. The Morgan fingerprint density at radius 2 is 1.65 bits per heavy atom. The maximum Gasteiger partial charge on any atom is 0.0979 e. The van der Waals surface area contributed by atoms with E-state index in [1.807, 2.05) is 63.4 Å². The summed E-state index contributed by atoms with van der Waals surface area (Å²) in [6, 6.07) is 14.0. The number of rotatable bonds is 5. The SMILES string of the molecule is CC(C)c1ccc([C@@H](N[S@@](=O)C(C)(C)C)c2ccccc2)nc1. The molecule has 1 aromatic carbocycles. The average Bonchev–Trinajstić information content (AvgIpc) is 2.52. The molecule has 3 nitrogen and oxygen atoms in total. The van der Waals surface area contributed by atoms with Crippen LogP contribution in [0.1, 0.15) is 63.4 Å². The molecular formula is C19H26N2OS. The van der Waals surface area contributed by atoms with Gasteiger partial charge in [-0.3, -0.25) is 4.98 Å². The topological polar surface area (TPSA) is 42.0 Å². The summed E-state index contributed by atoms with van der Waals surface area (Å²) in [5.41, 5.74) is 3.16. The van der Waals surface area contributed by atoms with E-state index in [4.69, 9.17) is 0 Å². The molecule has 2 atom stereocenters. The number of nitrogens with zero attached hydrogens (tertiary/aromatic N) is 1. The molecule has 2 rings (SSSR count). The van der Waals surface area contributed by atoms with Crippen LogP contribution in [0.4, 0.5) is 0 Å². The minimum absolute atomic E-state index is 0.183. The van der Waals surface area contributed by atoms with Gasteiger partial charge in [0.25, 0.3) is 0 Å². The zero-order valence-electron chi connectivity index (χ0n) is 14.5. The molecule has 0 aliphatic carbocycles. The Bertz CT molecular complexity index is 645. The van der Waals surface area contributed by atoms with Gasteiger partial charge in [-0.15, -0.1) is 0 Å². The fourth-order valence-corrected chi connectivity index (χ4v) is 2.98. The van der Waals surface area contributed by atoms with E-state index in [-0.39, 0.29) is 10.8 Å². The van der Waals surface area contributed by atoms with Gasteiger partial charge in [-0.1, -0.05) is 50.2 Å². The molecule has 0 aliphatic rings. The van der Waals surface area contributed by atoms with Crippen LogP contribution in [0.5, 0.6) is 0 Å². The molecule has 1 N–H and O–H groups in total. The maximum absolute atomic E-state index is 12.6. The third kappa shape index (κ3) is 4.72. The molecule has 0 saturated heterocycles. The molecule has 2 aromatic rings. The van der Waals surface area contributed by atoms with Gasteiger partial charge in [-0.2, -0.15) is 0 Å². The van der Waals surface area contributed by atoms with Gasteiger partial charge in [0.1, 0.15) is 0 Å². The molecule has 124 valence electrons. The van der Waals surface area contributed by atoms with Gasteiger partial charge in [0.2, 0.25) is 0 Å². The van der Waals surface area contributed by atoms with Crippen molar-refractivity contribution < 1.29 is 4.21 Å². The van der Waals surface area contributed by atoms with Gasteiger partial charge in [-0.05, 0) is 43.9 Å². The number of nitrogens with one attached hydrogen (secondary N) is 1. The minimum Gasteiger partial charge on any atom is -0.259 e. The zero-order valence-corrected chi connectivity index (χ0v) is 15.4. The number of benzene rings is 1.